The summed E-state index contributed by atoms with van der Waals surface area (Å²) < 4.78 is 17.4. The first-order valence-corrected chi connectivity index (χ1v) is 5.62. The van der Waals surface area contributed by atoms with Crippen LogP contribution in [0.4, 0.5) is 10.1 Å². The summed E-state index contributed by atoms with van der Waals surface area (Å²) in [5, 5.41) is 9.32. The zero-order valence-corrected chi connectivity index (χ0v) is 10.2. The lowest BCUT2D eigenvalue weighted by Crippen LogP contribution is -2.28. The van der Waals surface area contributed by atoms with Gasteiger partial charge in [0.2, 0.25) is 5.76 Å². The molecular formula is C13H12FNO4. The molecule has 0 aromatic heterocycles. The highest BCUT2D eigenvalue weighted by Crippen LogP contribution is 2.28. The van der Waals surface area contributed by atoms with E-state index >= 15 is 0 Å². The molecule has 0 spiro atoms. The number of fused-ring (bicyclic) bond motifs is 1. The summed E-state index contributed by atoms with van der Waals surface area (Å²) in [6.07, 6.45) is 1.38. The number of anilines is 1. The van der Waals surface area contributed by atoms with Gasteiger partial charge in [-0.15, -0.1) is 0 Å². The maximum Gasteiger partial charge on any atom is 0.373 e. The fraction of sp³-hybridized carbons (Fsp3) is 0.231. The molecule has 0 bridgehead atoms. The molecule has 1 N–H and O–H groups in total. The Morgan fingerprint density at radius 2 is 2.21 bits per heavy atom. The maximum atomic E-state index is 13.2. The molecular weight excluding hydrogens is 253 g/mol. The number of benzene rings is 1. The number of ether oxygens (including phenoxy) is 1. The number of nitrogens with zero attached hydrogens (tertiary/aromatic N) is 1. The normalized spacial score (nSPS) is 14.2. The molecule has 0 radical (unpaired) electrons. The molecule has 0 unspecified atom stereocenters. The van der Waals surface area contributed by atoms with Crippen LogP contribution < -0.4 is 4.90 Å². The highest BCUT2D eigenvalue weighted by molar-refractivity contribution is 6.06. The van der Waals surface area contributed by atoms with E-state index in [9.17, 15) is 19.1 Å². The van der Waals surface area contributed by atoms with E-state index in [4.69, 9.17) is 0 Å². The fourth-order valence-corrected chi connectivity index (χ4v) is 1.94. The van der Waals surface area contributed by atoms with Crippen molar-refractivity contribution in [1.29, 1.82) is 0 Å². The predicted molar refractivity (Wildman–Crippen MR) is 65.2 cm³/mol. The molecule has 5 nitrogen and oxygen atoms in total. The Kier molecular flexibility index (Phi) is 3.50. The number of methoxy groups -OCH3 is 1. The van der Waals surface area contributed by atoms with Gasteiger partial charge in [0.05, 0.1) is 18.9 Å². The summed E-state index contributed by atoms with van der Waals surface area (Å²) in [6, 6.07) is 4.19. The van der Waals surface area contributed by atoms with Crippen molar-refractivity contribution >= 4 is 17.6 Å². The van der Waals surface area contributed by atoms with E-state index < -0.39 is 23.5 Å². The third-order valence-corrected chi connectivity index (χ3v) is 2.86. The molecule has 0 fully saturated rings. The molecule has 0 aliphatic carbocycles. The van der Waals surface area contributed by atoms with E-state index in [2.05, 4.69) is 4.74 Å². The van der Waals surface area contributed by atoms with Crippen LogP contribution in [-0.4, -0.2) is 30.6 Å². The number of hydrogen-bond donors (Lipinski definition) is 1. The summed E-state index contributed by atoms with van der Waals surface area (Å²) in [5.74, 6) is -2.81. The van der Waals surface area contributed by atoms with Crippen LogP contribution in [-0.2, 0) is 20.7 Å². The zero-order chi connectivity index (χ0) is 14.0. The number of aliphatic hydroxyl groups is 1. The number of halogens is 1. The van der Waals surface area contributed by atoms with Gasteiger partial charge in [0.1, 0.15) is 5.82 Å². The molecule has 2 rings (SSSR count). The van der Waals surface area contributed by atoms with Crippen molar-refractivity contribution in [2.75, 3.05) is 18.6 Å². The average Bonchev–Trinajstić information content (AvgIpc) is 2.80. The molecule has 0 saturated heterocycles. The van der Waals surface area contributed by atoms with Crippen LogP contribution in [0.25, 0.3) is 0 Å². The van der Waals surface area contributed by atoms with Crippen molar-refractivity contribution in [3.63, 3.8) is 0 Å². The molecule has 1 aromatic carbocycles. The monoisotopic (exact) mass is 265 g/mol. The molecule has 1 amide bonds. The maximum absolute atomic E-state index is 13.2. The van der Waals surface area contributed by atoms with Gasteiger partial charge in [0.15, 0.2) is 0 Å². The number of esters is 1. The second-order valence-corrected chi connectivity index (χ2v) is 4.03. The van der Waals surface area contributed by atoms with Gasteiger partial charge >= 0.3 is 5.97 Å². The third kappa shape index (κ3) is 2.57. The first kappa shape index (κ1) is 13.1. The minimum atomic E-state index is -0.994. The molecule has 19 heavy (non-hydrogen) atoms. The highest BCUT2D eigenvalue weighted by atomic mass is 19.1. The van der Waals surface area contributed by atoms with Gasteiger partial charge in [-0.25, -0.2) is 9.18 Å². The molecule has 0 saturated carbocycles. The highest BCUT2D eigenvalue weighted by Gasteiger charge is 2.25. The summed E-state index contributed by atoms with van der Waals surface area (Å²) >= 11 is 0. The van der Waals surface area contributed by atoms with E-state index in [0.717, 1.165) is 18.7 Å². The van der Waals surface area contributed by atoms with E-state index in [0.29, 0.717) is 18.7 Å². The number of rotatable bonds is 2. The Morgan fingerprint density at radius 3 is 2.89 bits per heavy atom. The number of amides is 1. The van der Waals surface area contributed by atoms with Crippen molar-refractivity contribution in [2.45, 2.75) is 6.42 Å². The predicted octanol–water partition coefficient (Wildman–Crippen LogP) is 1.33. The summed E-state index contributed by atoms with van der Waals surface area (Å²) in [4.78, 5) is 24.2. The lowest BCUT2D eigenvalue weighted by molar-refractivity contribution is -0.139. The van der Waals surface area contributed by atoms with E-state index in [1.807, 2.05) is 0 Å². The van der Waals surface area contributed by atoms with E-state index in [1.165, 1.54) is 17.0 Å². The van der Waals surface area contributed by atoms with Crippen molar-refractivity contribution in [2.24, 2.45) is 0 Å². The third-order valence-electron chi connectivity index (χ3n) is 2.86. The quantitative estimate of drug-likeness (QED) is 0.497. The topological polar surface area (TPSA) is 66.8 Å². The molecule has 1 heterocycles. The van der Waals surface area contributed by atoms with Crippen LogP contribution in [0.15, 0.2) is 30.0 Å². The molecule has 100 valence electrons. The molecule has 1 aliphatic heterocycles. The number of hydrogen-bond acceptors (Lipinski definition) is 4. The average molecular weight is 265 g/mol. The van der Waals surface area contributed by atoms with Gasteiger partial charge in [-0.2, -0.15) is 0 Å². The lowest BCUT2D eigenvalue weighted by Gasteiger charge is -2.15. The Bertz CT molecular complexity index is 568. The summed E-state index contributed by atoms with van der Waals surface area (Å²) in [5.41, 5.74) is 1.31. The summed E-state index contributed by atoms with van der Waals surface area (Å²) in [7, 11) is 1.09. The van der Waals surface area contributed by atoms with Gasteiger partial charge < -0.3 is 14.7 Å². The van der Waals surface area contributed by atoms with Gasteiger partial charge in [-0.3, -0.25) is 4.79 Å². The molecule has 1 aromatic rings. The first-order valence-electron chi connectivity index (χ1n) is 5.62. The second kappa shape index (κ2) is 5.09. The molecule has 1 aliphatic rings. The Labute approximate surface area is 108 Å². The van der Waals surface area contributed by atoms with Crippen LogP contribution in [0, 0.1) is 5.82 Å². The minimum Gasteiger partial charge on any atom is -0.502 e. The van der Waals surface area contributed by atoms with Crippen molar-refractivity contribution in [1.82, 2.24) is 0 Å². The Hall–Kier alpha value is -2.37. The van der Waals surface area contributed by atoms with Crippen molar-refractivity contribution in [3.05, 3.63) is 41.4 Å². The Balaban J connectivity index is 2.24. The van der Waals surface area contributed by atoms with Crippen LogP contribution >= 0.6 is 0 Å². The van der Waals surface area contributed by atoms with Crippen molar-refractivity contribution in [3.8, 4) is 0 Å². The SMILES string of the molecule is COC(=O)/C(O)=C/C(=O)N1CCc2ccc(F)cc21. The van der Waals surface area contributed by atoms with Crippen LogP contribution in [0.1, 0.15) is 5.56 Å². The first-order chi connectivity index (χ1) is 9.02. The minimum absolute atomic E-state index is 0.378. The number of aliphatic hydroxyl groups excluding tert-OH is 1. The number of carbonyl (C=O) groups is 2. The lowest BCUT2D eigenvalue weighted by atomic mass is 10.2. The smallest absolute Gasteiger partial charge is 0.373 e. The van der Waals surface area contributed by atoms with E-state index in [1.54, 1.807) is 6.07 Å². The summed E-state index contributed by atoms with van der Waals surface area (Å²) in [6.45, 7) is 0.378. The fourth-order valence-electron chi connectivity index (χ4n) is 1.94. The number of carbonyl (C=O) groups excluding carboxylic acids is 2. The van der Waals surface area contributed by atoms with Gasteiger partial charge in [0.25, 0.3) is 5.91 Å². The Morgan fingerprint density at radius 1 is 1.47 bits per heavy atom. The van der Waals surface area contributed by atoms with Crippen LogP contribution in [0.2, 0.25) is 0 Å². The van der Waals surface area contributed by atoms with Crippen LogP contribution in [0.3, 0.4) is 0 Å². The largest absolute Gasteiger partial charge is 0.502 e. The standard InChI is InChI=1S/C13H12FNO4/c1-19-13(18)11(16)7-12(17)15-5-4-8-2-3-9(14)6-10(8)15/h2-3,6-7,16H,4-5H2,1H3/b11-7-. The zero-order valence-electron chi connectivity index (χ0n) is 10.2. The molecule has 0 atom stereocenters. The van der Waals surface area contributed by atoms with Crippen molar-refractivity contribution < 1.29 is 23.8 Å². The molecule has 6 heteroatoms. The van der Waals surface area contributed by atoms with Gasteiger partial charge in [-0.05, 0) is 24.1 Å². The van der Waals surface area contributed by atoms with E-state index in [-0.39, 0.29) is 0 Å². The van der Waals surface area contributed by atoms with Gasteiger partial charge in [0, 0.05) is 6.54 Å². The second-order valence-electron chi connectivity index (χ2n) is 4.03. The van der Waals surface area contributed by atoms with Crippen LogP contribution in [0.5, 0.6) is 0 Å². The van der Waals surface area contributed by atoms with Gasteiger partial charge in [-0.1, -0.05) is 6.07 Å².